The van der Waals surface area contributed by atoms with Crippen LogP contribution >= 0.6 is 0 Å². The lowest BCUT2D eigenvalue weighted by Crippen LogP contribution is -2.10. The number of halogens is 3. The molecule has 0 aliphatic carbocycles. The molecule has 4 nitrogen and oxygen atoms in total. The first kappa shape index (κ1) is 15.1. The van der Waals surface area contributed by atoms with Gasteiger partial charge in [0, 0.05) is 6.42 Å². The second-order valence-electron chi connectivity index (χ2n) is 3.81. The molecule has 0 aliphatic rings. The highest BCUT2D eigenvalue weighted by molar-refractivity contribution is 5.90. The molecule has 1 rings (SSSR count). The Hall–Kier alpha value is -1.92. The van der Waals surface area contributed by atoms with Crippen LogP contribution in [0.4, 0.5) is 18.9 Å². The van der Waals surface area contributed by atoms with Crippen LogP contribution < -0.4 is 10.5 Å². The van der Waals surface area contributed by atoms with Gasteiger partial charge in [0.2, 0.25) is 0 Å². The number of hydrogen-bond acceptors (Lipinski definition) is 4. The molecule has 0 spiro atoms. The minimum atomic E-state index is -4.21. The van der Waals surface area contributed by atoms with Gasteiger partial charge in [-0.15, -0.1) is 0 Å². The largest absolute Gasteiger partial charge is 0.491 e. The fraction of sp³-hybridized carbons (Fsp3) is 0.417. The molecule has 0 aliphatic heterocycles. The quantitative estimate of drug-likeness (QED) is 0.510. The lowest BCUT2D eigenvalue weighted by atomic mass is 10.2. The van der Waals surface area contributed by atoms with Crippen LogP contribution in [0.5, 0.6) is 5.75 Å². The number of esters is 1. The van der Waals surface area contributed by atoms with Crippen LogP contribution in [0.2, 0.25) is 0 Å². The SMILES string of the molecule is COC(=O)c1ccc(N)c(OCCCC(F)(F)F)c1. The van der Waals surface area contributed by atoms with Crippen molar-refractivity contribution in [1.29, 1.82) is 0 Å². The second kappa shape index (κ2) is 6.31. The van der Waals surface area contributed by atoms with Gasteiger partial charge in [0.25, 0.3) is 0 Å². The number of carbonyl (C=O) groups is 1. The summed E-state index contributed by atoms with van der Waals surface area (Å²) < 4.78 is 45.5. The summed E-state index contributed by atoms with van der Waals surface area (Å²) in [4.78, 5) is 11.3. The van der Waals surface area contributed by atoms with E-state index < -0.39 is 18.6 Å². The number of methoxy groups -OCH3 is 1. The van der Waals surface area contributed by atoms with E-state index in [0.29, 0.717) is 0 Å². The molecular weight excluding hydrogens is 263 g/mol. The number of hydrogen-bond donors (Lipinski definition) is 1. The van der Waals surface area contributed by atoms with E-state index in [1.807, 2.05) is 0 Å². The maximum Gasteiger partial charge on any atom is 0.389 e. The highest BCUT2D eigenvalue weighted by Crippen LogP contribution is 2.25. The number of benzene rings is 1. The van der Waals surface area contributed by atoms with Crippen molar-refractivity contribution in [1.82, 2.24) is 0 Å². The molecule has 1 aromatic carbocycles. The van der Waals surface area contributed by atoms with Crippen molar-refractivity contribution in [3.05, 3.63) is 23.8 Å². The van der Waals surface area contributed by atoms with E-state index in [9.17, 15) is 18.0 Å². The average molecular weight is 277 g/mol. The third kappa shape index (κ3) is 5.07. The molecule has 0 aromatic heterocycles. The molecule has 0 amide bonds. The third-order valence-corrected chi connectivity index (χ3v) is 2.30. The summed E-state index contributed by atoms with van der Waals surface area (Å²) in [6, 6.07) is 4.23. The maximum atomic E-state index is 11.9. The number of alkyl halides is 3. The zero-order chi connectivity index (χ0) is 14.5. The summed E-state index contributed by atoms with van der Waals surface area (Å²) in [7, 11) is 1.22. The molecule has 0 radical (unpaired) electrons. The molecule has 0 saturated carbocycles. The summed E-state index contributed by atoms with van der Waals surface area (Å²) in [5.41, 5.74) is 6.07. The first-order valence-corrected chi connectivity index (χ1v) is 5.51. The molecule has 0 unspecified atom stereocenters. The lowest BCUT2D eigenvalue weighted by molar-refractivity contribution is -0.136. The van der Waals surface area contributed by atoms with E-state index in [4.69, 9.17) is 10.5 Å². The third-order valence-electron chi connectivity index (χ3n) is 2.30. The monoisotopic (exact) mass is 277 g/mol. The van der Waals surface area contributed by atoms with Crippen LogP contribution in [0, 0.1) is 0 Å². The van der Waals surface area contributed by atoms with Gasteiger partial charge < -0.3 is 15.2 Å². The molecule has 1 aromatic rings. The standard InChI is InChI=1S/C12H14F3NO3/c1-18-11(17)8-3-4-9(16)10(7-8)19-6-2-5-12(13,14)15/h3-4,7H,2,5-6,16H2,1H3. The number of nitrogen functional groups attached to an aromatic ring is 1. The molecule has 19 heavy (non-hydrogen) atoms. The Morgan fingerprint density at radius 1 is 1.37 bits per heavy atom. The minimum Gasteiger partial charge on any atom is -0.491 e. The van der Waals surface area contributed by atoms with Crippen LogP contribution in [-0.4, -0.2) is 25.9 Å². The fourth-order valence-corrected chi connectivity index (χ4v) is 1.36. The molecule has 0 atom stereocenters. The van der Waals surface area contributed by atoms with E-state index in [-0.39, 0.29) is 30.0 Å². The van der Waals surface area contributed by atoms with Crippen molar-refractivity contribution in [3.63, 3.8) is 0 Å². The van der Waals surface area contributed by atoms with Crippen molar-refractivity contribution in [2.75, 3.05) is 19.5 Å². The molecule has 7 heteroatoms. The molecular formula is C12H14F3NO3. The molecule has 0 saturated heterocycles. The van der Waals surface area contributed by atoms with E-state index in [2.05, 4.69) is 4.74 Å². The summed E-state index contributed by atoms with van der Waals surface area (Å²) in [5, 5.41) is 0. The highest BCUT2D eigenvalue weighted by atomic mass is 19.4. The summed E-state index contributed by atoms with van der Waals surface area (Å²) in [6.45, 7) is -0.131. The Bertz CT molecular complexity index is 446. The Balaban J connectivity index is 2.60. The Labute approximate surface area is 108 Å². The topological polar surface area (TPSA) is 61.5 Å². The van der Waals surface area contributed by atoms with Gasteiger partial charge in [-0.05, 0) is 24.6 Å². The molecule has 2 N–H and O–H groups in total. The van der Waals surface area contributed by atoms with Gasteiger partial charge in [-0.2, -0.15) is 13.2 Å². The van der Waals surface area contributed by atoms with Gasteiger partial charge in [0.05, 0.1) is 25.0 Å². The van der Waals surface area contributed by atoms with Crippen molar-refractivity contribution in [3.8, 4) is 5.75 Å². The van der Waals surface area contributed by atoms with E-state index >= 15 is 0 Å². The van der Waals surface area contributed by atoms with E-state index in [0.717, 1.165) is 0 Å². The van der Waals surface area contributed by atoms with Gasteiger partial charge in [-0.25, -0.2) is 4.79 Å². The Kier molecular flexibility index (Phi) is 5.02. The predicted molar refractivity (Wildman–Crippen MR) is 63.0 cm³/mol. The Morgan fingerprint density at radius 2 is 2.05 bits per heavy atom. The summed E-state index contributed by atoms with van der Waals surface area (Å²) in [5.74, 6) is -0.398. The van der Waals surface area contributed by atoms with Gasteiger partial charge in [-0.1, -0.05) is 0 Å². The number of rotatable bonds is 5. The fourth-order valence-electron chi connectivity index (χ4n) is 1.36. The number of anilines is 1. The van der Waals surface area contributed by atoms with E-state index in [1.54, 1.807) is 0 Å². The second-order valence-corrected chi connectivity index (χ2v) is 3.81. The van der Waals surface area contributed by atoms with Gasteiger partial charge in [-0.3, -0.25) is 0 Å². The van der Waals surface area contributed by atoms with Crippen LogP contribution in [0.25, 0.3) is 0 Å². The van der Waals surface area contributed by atoms with Crippen LogP contribution in [0.1, 0.15) is 23.2 Å². The summed E-state index contributed by atoms with van der Waals surface area (Å²) in [6.07, 6.45) is -5.31. The number of carbonyl (C=O) groups excluding carboxylic acids is 1. The normalized spacial score (nSPS) is 11.2. The number of nitrogens with two attached hydrogens (primary N) is 1. The molecule has 0 heterocycles. The lowest BCUT2D eigenvalue weighted by Gasteiger charge is -2.11. The van der Waals surface area contributed by atoms with Crippen LogP contribution in [0.3, 0.4) is 0 Å². The zero-order valence-electron chi connectivity index (χ0n) is 10.3. The maximum absolute atomic E-state index is 11.9. The first-order valence-electron chi connectivity index (χ1n) is 5.51. The van der Waals surface area contributed by atoms with Gasteiger partial charge in [0.1, 0.15) is 5.75 Å². The minimum absolute atomic E-state index is 0.131. The Morgan fingerprint density at radius 3 is 2.63 bits per heavy atom. The van der Waals surface area contributed by atoms with Crippen LogP contribution in [0.15, 0.2) is 18.2 Å². The van der Waals surface area contributed by atoms with E-state index in [1.165, 1.54) is 25.3 Å². The smallest absolute Gasteiger partial charge is 0.389 e. The van der Waals surface area contributed by atoms with Crippen LogP contribution in [-0.2, 0) is 4.74 Å². The molecule has 0 fully saturated rings. The average Bonchev–Trinajstić information content (AvgIpc) is 2.34. The van der Waals surface area contributed by atoms with Gasteiger partial charge in [0.15, 0.2) is 0 Å². The van der Waals surface area contributed by atoms with Crippen molar-refractivity contribution in [2.24, 2.45) is 0 Å². The summed E-state index contributed by atoms with van der Waals surface area (Å²) >= 11 is 0. The van der Waals surface area contributed by atoms with Crippen molar-refractivity contribution >= 4 is 11.7 Å². The first-order chi connectivity index (χ1) is 8.83. The van der Waals surface area contributed by atoms with Crippen molar-refractivity contribution < 1.29 is 27.4 Å². The zero-order valence-corrected chi connectivity index (χ0v) is 10.3. The molecule has 106 valence electrons. The number of ether oxygens (including phenoxy) is 2. The van der Waals surface area contributed by atoms with Gasteiger partial charge >= 0.3 is 12.1 Å². The molecule has 0 bridgehead atoms. The van der Waals surface area contributed by atoms with Crippen molar-refractivity contribution in [2.45, 2.75) is 19.0 Å². The predicted octanol–water partition coefficient (Wildman–Crippen LogP) is 2.78. The highest BCUT2D eigenvalue weighted by Gasteiger charge is 2.26.